The van der Waals surface area contributed by atoms with Gasteiger partial charge >= 0.3 is 0 Å². The van der Waals surface area contributed by atoms with Gasteiger partial charge in [-0.15, -0.1) is 0 Å². The predicted octanol–water partition coefficient (Wildman–Crippen LogP) is 3.26. The Morgan fingerprint density at radius 3 is 2.56 bits per heavy atom. The zero-order chi connectivity index (χ0) is 17.6. The molecule has 0 aliphatic heterocycles. The molecule has 0 spiro atoms. The molecule has 1 N–H and O–H groups in total. The number of nitrogens with zero attached hydrogens (tertiary/aromatic N) is 3. The second kappa shape index (κ2) is 8.30. The fourth-order valence-electron chi connectivity index (χ4n) is 3.86. The molecule has 1 aliphatic carbocycles. The average Bonchev–Trinajstić information content (AvgIpc) is 3.19. The third-order valence-electron chi connectivity index (χ3n) is 5.26. The van der Waals surface area contributed by atoms with Crippen LogP contribution >= 0.6 is 0 Å². The summed E-state index contributed by atoms with van der Waals surface area (Å²) in [5.41, 5.74) is 1.72. The second-order valence-corrected chi connectivity index (χ2v) is 6.67. The number of nitrogens with one attached hydrogen (secondary N) is 1. The van der Waals surface area contributed by atoms with Crippen molar-refractivity contribution in [2.45, 2.75) is 51.6 Å². The first-order valence-corrected chi connectivity index (χ1v) is 9.36. The van der Waals surface area contributed by atoms with Gasteiger partial charge < -0.3 is 9.88 Å². The van der Waals surface area contributed by atoms with E-state index in [2.05, 4.69) is 29.0 Å². The number of rotatable bonds is 6. The van der Waals surface area contributed by atoms with Gasteiger partial charge in [0.2, 0.25) is 0 Å². The average molecular weight is 340 g/mol. The third-order valence-corrected chi connectivity index (χ3v) is 5.26. The van der Waals surface area contributed by atoms with Gasteiger partial charge in [0.15, 0.2) is 0 Å². The van der Waals surface area contributed by atoms with Crippen LogP contribution in [0.2, 0.25) is 0 Å². The number of carbonyl (C=O) groups excluding carboxylic acids is 1. The number of hydrogen-bond acceptors (Lipinski definition) is 3. The normalized spacial score (nSPS) is 20.6. The van der Waals surface area contributed by atoms with Crippen LogP contribution < -0.4 is 5.32 Å². The molecule has 5 nitrogen and oxygen atoms in total. The summed E-state index contributed by atoms with van der Waals surface area (Å²) in [7, 11) is 0. The summed E-state index contributed by atoms with van der Waals surface area (Å²) < 4.78 is 1.93. The highest BCUT2D eigenvalue weighted by atomic mass is 16.1. The molecular formula is C20H28N4O. The number of likely N-dealkylation sites (N-methyl/N-ethyl adjacent to an activating group) is 1. The lowest BCUT2D eigenvalue weighted by atomic mass is 9.88. The Kier molecular flexibility index (Phi) is 5.87. The van der Waals surface area contributed by atoms with Crippen molar-refractivity contribution in [2.24, 2.45) is 0 Å². The van der Waals surface area contributed by atoms with Crippen molar-refractivity contribution >= 4 is 5.91 Å². The summed E-state index contributed by atoms with van der Waals surface area (Å²) >= 11 is 0. The Morgan fingerprint density at radius 2 is 1.92 bits per heavy atom. The van der Waals surface area contributed by atoms with Crippen molar-refractivity contribution in [3.05, 3.63) is 48.5 Å². The molecule has 0 radical (unpaired) electrons. The first kappa shape index (κ1) is 17.7. The first-order chi connectivity index (χ1) is 12.2. The van der Waals surface area contributed by atoms with Gasteiger partial charge in [0.25, 0.3) is 5.91 Å². The fraction of sp³-hybridized carbons (Fsp3) is 0.500. The highest BCUT2D eigenvalue weighted by molar-refractivity contribution is 5.94. The quantitative estimate of drug-likeness (QED) is 0.878. The van der Waals surface area contributed by atoms with Crippen molar-refractivity contribution in [1.82, 2.24) is 19.8 Å². The molecule has 5 heteroatoms. The van der Waals surface area contributed by atoms with E-state index in [-0.39, 0.29) is 11.9 Å². The summed E-state index contributed by atoms with van der Waals surface area (Å²) in [6.07, 6.45) is 10.1. The minimum absolute atomic E-state index is 0.0289. The van der Waals surface area contributed by atoms with Crippen molar-refractivity contribution in [3.8, 4) is 5.69 Å². The molecule has 2 aromatic rings. The molecular weight excluding hydrogens is 312 g/mol. The lowest BCUT2D eigenvalue weighted by Gasteiger charge is -2.39. The van der Waals surface area contributed by atoms with Gasteiger partial charge in [-0.05, 0) is 50.2 Å². The Labute approximate surface area is 150 Å². The highest BCUT2D eigenvalue weighted by Crippen LogP contribution is 2.23. The SMILES string of the molecule is CCN(CC)[C@H]1CCCCC1NC(=O)c1ccc(-n2ccnc2)cc1. The molecule has 1 aliphatic rings. The molecule has 1 aromatic carbocycles. The Balaban J connectivity index is 1.68. The molecule has 1 fully saturated rings. The van der Waals surface area contributed by atoms with Crippen LogP contribution in [-0.4, -0.2) is 45.5 Å². The van der Waals surface area contributed by atoms with Gasteiger partial charge in [0.05, 0.1) is 6.33 Å². The van der Waals surface area contributed by atoms with Crippen LogP contribution in [0.15, 0.2) is 43.0 Å². The molecule has 2 atom stereocenters. The van der Waals surface area contributed by atoms with Crippen LogP contribution in [0.25, 0.3) is 5.69 Å². The van der Waals surface area contributed by atoms with Crippen LogP contribution in [0.5, 0.6) is 0 Å². The largest absolute Gasteiger partial charge is 0.348 e. The van der Waals surface area contributed by atoms with E-state index >= 15 is 0 Å². The van der Waals surface area contributed by atoms with Crippen molar-refractivity contribution in [3.63, 3.8) is 0 Å². The maximum Gasteiger partial charge on any atom is 0.251 e. The molecule has 1 saturated carbocycles. The molecule has 0 bridgehead atoms. The monoisotopic (exact) mass is 340 g/mol. The van der Waals surface area contributed by atoms with E-state index in [9.17, 15) is 4.79 Å². The molecule has 1 unspecified atom stereocenters. The number of benzene rings is 1. The van der Waals surface area contributed by atoms with Crippen LogP contribution in [0.1, 0.15) is 49.9 Å². The number of amides is 1. The van der Waals surface area contributed by atoms with Gasteiger partial charge in [0, 0.05) is 35.7 Å². The summed E-state index contributed by atoms with van der Waals surface area (Å²) in [6.45, 7) is 6.47. The minimum atomic E-state index is 0.0289. The van der Waals surface area contributed by atoms with Gasteiger partial charge in [-0.2, -0.15) is 0 Å². The third kappa shape index (κ3) is 4.10. The van der Waals surface area contributed by atoms with Gasteiger partial charge in [-0.25, -0.2) is 4.98 Å². The highest BCUT2D eigenvalue weighted by Gasteiger charge is 2.30. The minimum Gasteiger partial charge on any atom is -0.348 e. The predicted molar refractivity (Wildman–Crippen MR) is 100.0 cm³/mol. The number of imidazole rings is 1. The zero-order valence-electron chi connectivity index (χ0n) is 15.2. The van der Waals surface area contributed by atoms with Crippen molar-refractivity contribution < 1.29 is 4.79 Å². The van der Waals surface area contributed by atoms with Crippen LogP contribution in [0, 0.1) is 0 Å². The number of aromatic nitrogens is 2. The summed E-state index contributed by atoms with van der Waals surface area (Å²) in [5, 5.41) is 3.29. The number of carbonyl (C=O) groups is 1. The van der Waals surface area contributed by atoms with Gasteiger partial charge in [-0.3, -0.25) is 9.69 Å². The van der Waals surface area contributed by atoms with E-state index in [4.69, 9.17) is 0 Å². The standard InChI is InChI=1S/C20H28N4O/c1-3-23(4-2)19-8-6-5-7-18(19)22-20(25)16-9-11-17(12-10-16)24-14-13-21-15-24/h9-15,18-19H,3-8H2,1-2H3,(H,22,25)/t18?,19-/m0/s1. The van der Waals surface area contributed by atoms with Crippen LogP contribution in [-0.2, 0) is 0 Å². The van der Waals surface area contributed by atoms with E-state index in [0.717, 1.165) is 25.2 Å². The van der Waals surface area contributed by atoms with Crippen LogP contribution in [0.4, 0.5) is 0 Å². The van der Waals surface area contributed by atoms with E-state index in [0.29, 0.717) is 11.6 Å². The maximum atomic E-state index is 12.7. The summed E-state index contributed by atoms with van der Waals surface area (Å²) in [4.78, 5) is 19.2. The fourth-order valence-corrected chi connectivity index (χ4v) is 3.86. The maximum absolute atomic E-state index is 12.7. The lowest BCUT2D eigenvalue weighted by molar-refractivity contribution is 0.0846. The summed E-state index contributed by atoms with van der Waals surface area (Å²) in [6, 6.07) is 8.39. The van der Waals surface area contributed by atoms with Crippen molar-refractivity contribution in [1.29, 1.82) is 0 Å². The number of hydrogen-bond donors (Lipinski definition) is 1. The smallest absolute Gasteiger partial charge is 0.251 e. The van der Waals surface area contributed by atoms with Gasteiger partial charge in [-0.1, -0.05) is 26.7 Å². The van der Waals surface area contributed by atoms with E-state index in [1.165, 1.54) is 19.3 Å². The van der Waals surface area contributed by atoms with Crippen LogP contribution in [0.3, 0.4) is 0 Å². The summed E-state index contributed by atoms with van der Waals surface area (Å²) in [5.74, 6) is 0.0289. The zero-order valence-corrected chi connectivity index (χ0v) is 15.2. The molecule has 134 valence electrons. The lowest BCUT2D eigenvalue weighted by Crippen LogP contribution is -2.53. The molecule has 3 rings (SSSR count). The Hall–Kier alpha value is -2.14. The second-order valence-electron chi connectivity index (χ2n) is 6.67. The molecule has 1 heterocycles. The first-order valence-electron chi connectivity index (χ1n) is 9.36. The topological polar surface area (TPSA) is 50.2 Å². The molecule has 1 aromatic heterocycles. The molecule has 1 amide bonds. The Bertz CT molecular complexity index is 662. The van der Waals surface area contributed by atoms with Crippen molar-refractivity contribution in [2.75, 3.05) is 13.1 Å². The van der Waals surface area contributed by atoms with E-state index < -0.39 is 0 Å². The Morgan fingerprint density at radius 1 is 1.20 bits per heavy atom. The van der Waals surface area contributed by atoms with Gasteiger partial charge in [0.1, 0.15) is 0 Å². The van der Waals surface area contributed by atoms with E-state index in [1.54, 1.807) is 12.5 Å². The molecule has 25 heavy (non-hydrogen) atoms. The molecule has 0 saturated heterocycles. The van der Waals surface area contributed by atoms with E-state index in [1.807, 2.05) is 35.0 Å².